The van der Waals surface area contributed by atoms with Gasteiger partial charge < -0.3 is 14.2 Å². The first-order valence-electron chi connectivity index (χ1n) is 6.04. The molecule has 4 rings (SSSR count). The molecule has 1 saturated heterocycles. The van der Waals surface area contributed by atoms with E-state index in [1.165, 1.54) is 0 Å². The molecule has 0 N–H and O–H groups in total. The van der Waals surface area contributed by atoms with Gasteiger partial charge in [-0.3, -0.25) is 0 Å². The highest BCUT2D eigenvalue weighted by Crippen LogP contribution is 2.38. The lowest BCUT2D eigenvalue weighted by Gasteiger charge is -2.28. The SMILES string of the molecule is C1=CC2(C=C3Oc4ccccc4C=C13)OCCO2. The summed E-state index contributed by atoms with van der Waals surface area (Å²) in [4.78, 5) is 0. The smallest absolute Gasteiger partial charge is 0.212 e. The van der Waals surface area contributed by atoms with Crippen LogP contribution in [0.2, 0.25) is 0 Å². The van der Waals surface area contributed by atoms with Crippen LogP contribution in [-0.4, -0.2) is 19.0 Å². The van der Waals surface area contributed by atoms with Gasteiger partial charge in [-0.1, -0.05) is 18.2 Å². The molecular formula is C15H12O3. The summed E-state index contributed by atoms with van der Waals surface area (Å²) in [5.74, 6) is 0.952. The molecule has 0 radical (unpaired) electrons. The molecule has 90 valence electrons. The quantitative estimate of drug-likeness (QED) is 0.697. The summed E-state index contributed by atoms with van der Waals surface area (Å²) in [7, 11) is 0. The molecular weight excluding hydrogens is 228 g/mol. The van der Waals surface area contributed by atoms with Crippen LogP contribution in [0.5, 0.6) is 5.75 Å². The Morgan fingerprint density at radius 2 is 1.89 bits per heavy atom. The van der Waals surface area contributed by atoms with Crippen molar-refractivity contribution in [1.29, 1.82) is 0 Å². The molecule has 3 heteroatoms. The predicted octanol–water partition coefficient (Wildman–Crippen LogP) is 2.66. The maximum absolute atomic E-state index is 5.90. The van der Waals surface area contributed by atoms with Gasteiger partial charge in [0.2, 0.25) is 5.79 Å². The average molecular weight is 240 g/mol. The van der Waals surface area contributed by atoms with Crippen LogP contribution in [0, 0.1) is 0 Å². The van der Waals surface area contributed by atoms with Crippen LogP contribution >= 0.6 is 0 Å². The number of hydrogen-bond acceptors (Lipinski definition) is 3. The molecule has 0 amide bonds. The highest BCUT2D eigenvalue weighted by atomic mass is 16.7. The molecule has 3 nitrogen and oxygen atoms in total. The Balaban J connectivity index is 1.79. The Bertz CT molecular complexity index is 590. The Labute approximate surface area is 105 Å². The Morgan fingerprint density at radius 1 is 1.06 bits per heavy atom. The maximum Gasteiger partial charge on any atom is 0.212 e. The number of fused-ring (bicyclic) bond motifs is 2. The van der Waals surface area contributed by atoms with Crippen LogP contribution in [-0.2, 0) is 9.47 Å². The van der Waals surface area contributed by atoms with Gasteiger partial charge in [0.1, 0.15) is 11.5 Å². The van der Waals surface area contributed by atoms with Gasteiger partial charge in [0.25, 0.3) is 0 Å². The molecule has 1 fully saturated rings. The maximum atomic E-state index is 5.90. The van der Waals surface area contributed by atoms with Crippen LogP contribution in [0.3, 0.4) is 0 Å². The van der Waals surface area contributed by atoms with Crippen LogP contribution in [0.1, 0.15) is 5.56 Å². The zero-order valence-electron chi connectivity index (χ0n) is 9.76. The van der Waals surface area contributed by atoms with Crippen molar-refractivity contribution in [3.05, 3.63) is 59.4 Å². The van der Waals surface area contributed by atoms with E-state index in [0.717, 1.165) is 22.6 Å². The van der Waals surface area contributed by atoms with Gasteiger partial charge in [0.15, 0.2) is 0 Å². The third-order valence-corrected chi connectivity index (χ3v) is 3.30. The van der Waals surface area contributed by atoms with E-state index in [1.807, 2.05) is 42.5 Å². The number of hydrogen-bond donors (Lipinski definition) is 0. The summed E-state index contributed by atoms with van der Waals surface area (Å²) < 4.78 is 17.2. The van der Waals surface area contributed by atoms with Gasteiger partial charge in [-0.05, 0) is 24.3 Å². The highest BCUT2D eigenvalue weighted by molar-refractivity contribution is 5.70. The summed E-state index contributed by atoms with van der Waals surface area (Å²) >= 11 is 0. The Hall–Kier alpha value is -1.84. The summed E-state index contributed by atoms with van der Waals surface area (Å²) in [6.45, 7) is 1.23. The lowest BCUT2D eigenvalue weighted by molar-refractivity contribution is -0.0767. The van der Waals surface area contributed by atoms with Crippen LogP contribution < -0.4 is 4.74 Å². The van der Waals surface area contributed by atoms with E-state index in [-0.39, 0.29) is 0 Å². The van der Waals surface area contributed by atoms with Gasteiger partial charge in [-0.2, -0.15) is 0 Å². The summed E-state index contributed by atoms with van der Waals surface area (Å²) in [6.07, 6.45) is 7.95. The third-order valence-electron chi connectivity index (χ3n) is 3.30. The summed E-state index contributed by atoms with van der Waals surface area (Å²) in [5, 5.41) is 0. The highest BCUT2D eigenvalue weighted by Gasteiger charge is 2.36. The molecule has 0 atom stereocenters. The molecule has 1 spiro atoms. The number of ether oxygens (including phenoxy) is 3. The second kappa shape index (κ2) is 3.57. The molecule has 2 aliphatic heterocycles. The molecule has 0 saturated carbocycles. The van der Waals surface area contributed by atoms with Gasteiger partial charge in [-0.15, -0.1) is 0 Å². The number of benzene rings is 1. The van der Waals surface area contributed by atoms with Gasteiger partial charge in [0, 0.05) is 17.2 Å². The zero-order valence-corrected chi connectivity index (χ0v) is 9.76. The molecule has 3 aliphatic rings. The molecule has 1 aromatic carbocycles. The van der Waals surface area contributed by atoms with Crippen molar-refractivity contribution in [2.75, 3.05) is 13.2 Å². The number of para-hydroxylation sites is 1. The van der Waals surface area contributed by atoms with Crippen molar-refractivity contribution in [2.45, 2.75) is 5.79 Å². The molecule has 1 aliphatic carbocycles. The van der Waals surface area contributed by atoms with Crippen LogP contribution in [0.25, 0.3) is 6.08 Å². The lowest BCUT2D eigenvalue weighted by atomic mass is 9.98. The largest absolute Gasteiger partial charge is 0.456 e. The van der Waals surface area contributed by atoms with Crippen molar-refractivity contribution in [1.82, 2.24) is 0 Å². The van der Waals surface area contributed by atoms with Gasteiger partial charge in [-0.25, -0.2) is 0 Å². The molecule has 0 unspecified atom stereocenters. The second-order valence-corrected chi connectivity index (χ2v) is 4.50. The normalized spacial score (nSPS) is 22.9. The third kappa shape index (κ3) is 1.45. The van der Waals surface area contributed by atoms with Crippen molar-refractivity contribution >= 4 is 6.08 Å². The molecule has 2 heterocycles. The molecule has 1 aromatic rings. The van der Waals surface area contributed by atoms with Crippen LogP contribution in [0.15, 0.2) is 53.8 Å². The van der Waals surface area contributed by atoms with Crippen molar-refractivity contribution < 1.29 is 14.2 Å². The first-order valence-corrected chi connectivity index (χ1v) is 6.04. The van der Waals surface area contributed by atoms with E-state index in [4.69, 9.17) is 14.2 Å². The number of rotatable bonds is 0. The van der Waals surface area contributed by atoms with Gasteiger partial charge in [0.05, 0.1) is 13.2 Å². The molecule has 0 aromatic heterocycles. The van der Waals surface area contributed by atoms with E-state index in [0.29, 0.717) is 13.2 Å². The fourth-order valence-electron chi connectivity index (χ4n) is 2.41. The monoisotopic (exact) mass is 240 g/mol. The average Bonchev–Trinajstić information content (AvgIpc) is 2.85. The van der Waals surface area contributed by atoms with Crippen LogP contribution in [0.4, 0.5) is 0 Å². The minimum absolute atomic E-state index is 0.615. The summed E-state index contributed by atoms with van der Waals surface area (Å²) in [5.41, 5.74) is 2.15. The van der Waals surface area contributed by atoms with E-state index in [2.05, 4.69) is 6.08 Å². The standard InChI is InChI=1S/C15H12O3/c1-2-4-13-11(3-1)9-12-5-6-15(10-14(12)18-13)16-7-8-17-15/h1-6,9-10H,7-8H2. The topological polar surface area (TPSA) is 27.7 Å². The zero-order chi connectivity index (χ0) is 12.0. The van der Waals surface area contributed by atoms with E-state index < -0.39 is 5.79 Å². The molecule has 18 heavy (non-hydrogen) atoms. The lowest BCUT2D eigenvalue weighted by Crippen LogP contribution is -2.28. The van der Waals surface area contributed by atoms with Crippen molar-refractivity contribution in [2.24, 2.45) is 0 Å². The van der Waals surface area contributed by atoms with E-state index in [9.17, 15) is 0 Å². The predicted molar refractivity (Wildman–Crippen MR) is 66.9 cm³/mol. The first-order chi connectivity index (χ1) is 8.85. The minimum Gasteiger partial charge on any atom is -0.456 e. The summed E-state index contributed by atoms with van der Waals surface area (Å²) in [6, 6.07) is 7.98. The fourth-order valence-corrected chi connectivity index (χ4v) is 2.41. The van der Waals surface area contributed by atoms with E-state index >= 15 is 0 Å². The Kier molecular flexibility index (Phi) is 2.01. The van der Waals surface area contributed by atoms with Gasteiger partial charge >= 0.3 is 0 Å². The van der Waals surface area contributed by atoms with E-state index in [1.54, 1.807) is 0 Å². The first kappa shape index (κ1) is 10.1. The second-order valence-electron chi connectivity index (χ2n) is 4.50. The fraction of sp³-hybridized carbons (Fsp3) is 0.200. The number of allylic oxidation sites excluding steroid dienone is 1. The minimum atomic E-state index is -0.723. The Morgan fingerprint density at radius 3 is 2.78 bits per heavy atom. The molecule has 0 bridgehead atoms. The van der Waals surface area contributed by atoms with Crippen molar-refractivity contribution in [3.63, 3.8) is 0 Å². The van der Waals surface area contributed by atoms with Crippen molar-refractivity contribution in [3.8, 4) is 5.75 Å².